The van der Waals surface area contributed by atoms with Crippen LogP contribution in [0.25, 0.3) is 0 Å². The number of aromatic nitrogens is 5. The van der Waals surface area contributed by atoms with Crippen LogP contribution in [0, 0.1) is 0 Å². The van der Waals surface area contributed by atoms with Gasteiger partial charge in [0, 0.05) is 30.7 Å². The van der Waals surface area contributed by atoms with Crippen LogP contribution in [0.2, 0.25) is 0 Å². The number of likely N-dealkylation sites (tertiary alicyclic amines) is 1. The average molecular weight is 467 g/mol. The minimum absolute atomic E-state index is 0.316. The van der Waals surface area contributed by atoms with E-state index in [1.165, 1.54) is 32.1 Å². The van der Waals surface area contributed by atoms with E-state index >= 15 is 0 Å². The molecule has 3 aromatic rings. The topological polar surface area (TPSA) is 117 Å². The molecule has 0 unspecified atom stereocenters. The number of H-pyrrole nitrogens is 1. The van der Waals surface area contributed by atoms with Crippen LogP contribution in [0.15, 0.2) is 22.7 Å². The largest absolute Gasteiger partial charge is 0.476 e. The summed E-state index contributed by atoms with van der Waals surface area (Å²) in [6.45, 7) is 8.39. The molecule has 0 atom stereocenters. The van der Waals surface area contributed by atoms with E-state index in [9.17, 15) is 0 Å². The molecule has 4 heterocycles. The highest BCUT2D eigenvalue weighted by Crippen LogP contribution is 2.39. The molecule has 10 heteroatoms. The van der Waals surface area contributed by atoms with E-state index in [1.807, 2.05) is 18.2 Å². The molecule has 0 radical (unpaired) electrons. The summed E-state index contributed by atoms with van der Waals surface area (Å²) in [5, 5.41) is 18.1. The molecular formula is C24H34N8O2. The van der Waals surface area contributed by atoms with Gasteiger partial charge in [0.2, 0.25) is 11.8 Å². The summed E-state index contributed by atoms with van der Waals surface area (Å²) in [5.41, 5.74) is 2.03. The quantitative estimate of drug-likeness (QED) is 0.378. The number of hydrogen-bond acceptors (Lipinski definition) is 9. The molecule has 0 bridgehead atoms. The summed E-state index contributed by atoms with van der Waals surface area (Å²) in [5.74, 6) is 4.07. The molecule has 182 valence electrons. The maximum absolute atomic E-state index is 6.03. The summed E-state index contributed by atoms with van der Waals surface area (Å²) in [7, 11) is 0. The SMILES string of the molecule is CC(C)c1cc(CNc2nc(Nc3cc(C4CC4)n[nH]3)cc(OCCN3CCCCC3)n2)on1. The molecule has 1 aliphatic carbocycles. The smallest absolute Gasteiger partial charge is 0.228 e. The molecule has 0 aromatic carbocycles. The summed E-state index contributed by atoms with van der Waals surface area (Å²) in [6.07, 6.45) is 6.28. The predicted octanol–water partition coefficient (Wildman–Crippen LogP) is 4.41. The van der Waals surface area contributed by atoms with Crippen molar-refractivity contribution in [2.45, 2.75) is 64.3 Å². The van der Waals surface area contributed by atoms with E-state index in [1.54, 1.807) is 0 Å². The van der Waals surface area contributed by atoms with Gasteiger partial charge in [0.05, 0.1) is 17.9 Å². The zero-order chi connectivity index (χ0) is 23.3. The van der Waals surface area contributed by atoms with E-state index in [0.29, 0.717) is 42.6 Å². The Labute approximate surface area is 199 Å². The zero-order valence-electron chi connectivity index (χ0n) is 20.0. The van der Waals surface area contributed by atoms with Crippen LogP contribution in [0.3, 0.4) is 0 Å². The van der Waals surface area contributed by atoms with Gasteiger partial charge in [-0.15, -0.1) is 0 Å². The predicted molar refractivity (Wildman–Crippen MR) is 130 cm³/mol. The van der Waals surface area contributed by atoms with Crippen molar-refractivity contribution < 1.29 is 9.26 Å². The first-order valence-corrected chi connectivity index (χ1v) is 12.4. The number of ether oxygens (including phenoxy) is 1. The average Bonchev–Trinajstić information content (AvgIpc) is 3.38. The third-order valence-electron chi connectivity index (χ3n) is 6.25. The Morgan fingerprint density at radius 3 is 2.76 bits per heavy atom. The van der Waals surface area contributed by atoms with Crippen LogP contribution in [-0.2, 0) is 6.54 Å². The van der Waals surface area contributed by atoms with E-state index in [4.69, 9.17) is 9.26 Å². The fourth-order valence-electron chi connectivity index (χ4n) is 4.08. The third kappa shape index (κ3) is 6.05. The van der Waals surface area contributed by atoms with Crippen LogP contribution < -0.4 is 15.4 Å². The maximum atomic E-state index is 6.03. The number of hydrogen-bond donors (Lipinski definition) is 3. The second-order valence-corrected chi connectivity index (χ2v) is 9.50. The Balaban J connectivity index is 1.26. The number of rotatable bonds is 11. The van der Waals surface area contributed by atoms with Crippen molar-refractivity contribution in [1.82, 2.24) is 30.2 Å². The van der Waals surface area contributed by atoms with Gasteiger partial charge in [0.25, 0.3) is 0 Å². The van der Waals surface area contributed by atoms with Crippen molar-refractivity contribution in [2.24, 2.45) is 0 Å². The van der Waals surface area contributed by atoms with Crippen LogP contribution in [0.1, 0.15) is 74.9 Å². The second-order valence-electron chi connectivity index (χ2n) is 9.50. The zero-order valence-corrected chi connectivity index (χ0v) is 20.0. The molecule has 34 heavy (non-hydrogen) atoms. The molecule has 0 amide bonds. The van der Waals surface area contributed by atoms with Gasteiger partial charge < -0.3 is 19.9 Å². The molecule has 1 saturated carbocycles. The third-order valence-corrected chi connectivity index (χ3v) is 6.25. The summed E-state index contributed by atoms with van der Waals surface area (Å²) < 4.78 is 11.5. The summed E-state index contributed by atoms with van der Waals surface area (Å²) in [4.78, 5) is 11.6. The Hall–Kier alpha value is -3.14. The molecule has 0 spiro atoms. The fraction of sp³-hybridized carbons (Fsp3) is 0.583. The van der Waals surface area contributed by atoms with Crippen LogP contribution in [-0.4, -0.2) is 56.5 Å². The standard InChI is InChI=1S/C24H34N8O2/c1-16(2)19-12-18(34-31-19)15-25-24-27-21(26-22-13-20(29-30-22)17-6-7-17)14-23(28-24)33-11-10-32-8-4-3-5-9-32/h12-14,16-17H,3-11,15H2,1-2H3,(H3,25,26,27,28,29,30). The number of anilines is 3. The summed E-state index contributed by atoms with van der Waals surface area (Å²) >= 11 is 0. The van der Waals surface area contributed by atoms with Crippen molar-refractivity contribution in [3.05, 3.63) is 35.3 Å². The Kier molecular flexibility index (Phi) is 6.94. The Morgan fingerprint density at radius 1 is 1.15 bits per heavy atom. The van der Waals surface area contributed by atoms with E-state index in [0.717, 1.165) is 42.6 Å². The molecule has 3 N–H and O–H groups in total. The lowest BCUT2D eigenvalue weighted by Crippen LogP contribution is -2.33. The molecule has 5 rings (SSSR count). The van der Waals surface area contributed by atoms with Crippen LogP contribution in [0.4, 0.5) is 17.6 Å². The van der Waals surface area contributed by atoms with E-state index in [-0.39, 0.29) is 0 Å². The minimum Gasteiger partial charge on any atom is -0.476 e. The monoisotopic (exact) mass is 466 g/mol. The van der Waals surface area contributed by atoms with Crippen LogP contribution in [0.5, 0.6) is 5.88 Å². The first kappa shape index (κ1) is 22.6. The minimum atomic E-state index is 0.316. The van der Waals surface area contributed by atoms with Crippen molar-refractivity contribution in [3.8, 4) is 5.88 Å². The maximum Gasteiger partial charge on any atom is 0.228 e. The van der Waals surface area contributed by atoms with Crippen molar-refractivity contribution >= 4 is 17.6 Å². The van der Waals surface area contributed by atoms with Crippen molar-refractivity contribution in [2.75, 3.05) is 36.9 Å². The molecule has 1 saturated heterocycles. The normalized spacial score (nSPS) is 16.7. The molecular weight excluding hydrogens is 432 g/mol. The van der Waals surface area contributed by atoms with Crippen LogP contribution >= 0.6 is 0 Å². The lowest BCUT2D eigenvalue weighted by Gasteiger charge is -2.26. The first-order chi connectivity index (χ1) is 16.6. The second kappa shape index (κ2) is 10.4. The highest BCUT2D eigenvalue weighted by molar-refractivity contribution is 5.55. The number of piperidine rings is 1. The van der Waals surface area contributed by atoms with Gasteiger partial charge in [0.1, 0.15) is 18.2 Å². The van der Waals surface area contributed by atoms with Gasteiger partial charge in [-0.1, -0.05) is 25.4 Å². The first-order valence-electron chi connectivity index (χ1n) is 12.4. The lowest BCUT2D eigenvalue weighted by molar-refractivity contribution is 0.180. The van der Waals surface area contributed by atoms with E-state index in [2.05, 4.69) is 54.7 Å². The molecule has 1 aliphatic heterocycles. The van der Waals surface area contributed by atoms with Gasteiger partial charge in [-0.05, 0) is 44.7 Å². The molecule has 2 aliphatic rings. The van der Waals surface area contributed by atoms with Gasteiger partial charge >= 0.3 is 0 Å². The number of nitrogens with zero attached hydrogens (tertiary/aromatic N) is 5. The highest BCUT2D eigenvalue weighted by atomic mass is 16.5. The molecule has 10 nitrogen and oxygen atoms in total. The van der Waals surface area contributed by atoms with E-state index < -0.39 is 0 Å². The number of nitrogens with one attached hydrogen (secondary N) is 3. The Bertz CT molecular complexity index is 1070. The highest BCUT2D eigenvalue weighted by Gasteiger charge is 2.26. The summed E-state index contributed by atoms with van der Waals surface area (Å²) in [6, 6.07) is 5.83. The van der Waals surface area contributed by atoms with Gasteiger partial charge in [-0.25, -0.2) is 0 Å². The number of aromatic amines is 1. The fourth-order valence-corrected chi connectivity index (χ4v) is 4.08. The Morgan fingerprint density at radius 2 is 2.00 bits per heavy atom. The molecule has 2 fully saturated rings. The lowest BCUT2D eigenvalue weighted by atomic mass is 10.1. The van der Waals surface area contributed by atoms with Gasteiger partial charge in [-0.2, -0.15) is 15.1 Å². The van der Waals surface area contributed by atoms with Gasteiger partial charge in [-0.3, -0.25) is 10.00 Å². The van der Waals surface area contributed by atoms with Crippen molar-refractivity contribution in [1.29, 1.82) is 0 Å². The van der Waals surface area contributed by atoms with Crippen molar-refractivity contribution in [3.63, 3.8) is 0 Å². The van der Waals surface area contributed by atoms with Gasteiger partial charge in [0.15, 0.2) is 5.76 Å². The molecule has 3 aromatic heterocycles.